The van der Waals surface area contributed by atoms with Gasteiger partial charge in [-0.15, -0.1) is 0 Å². The quantitative estimate of drug-likeness (QED) is 0.186. The molecule has 0 unspecified atom stereocenters. The summed E-state index contributed by atoms with van der Waals surface area (Å²) >= 11 is 0. The highest BCUT2D eigenvalue weighted by atomic mass is 16.3. The summed E-state index contributed by atoms with van der Waals surface area (Å²) in [5, 5.41) is 8.10. The smallest absolute Gasteiger partial charge is 0.225 e. The van der Waals surface area contributed by atoms with E-state index in [9.17, 15) is 0 Å². The maximum Gasteiger partial charge on any atom is 0.225 e. The van der Waals surface area contributed by atoms with Gasteiger partial charge in [-0.05, 0) is 68.1 Å². The highest BCUT2D eigenvalue weighted by Crippen LogP contribution is 2.43. The first-order valence-electron chi connectivity index (χ1n) is 15.9. The number of rotatable bonds is 6. The number of dihydropyridines is 1. The lowest BCUT2D eigenvalue weighted by molar-refractivity contribution is 0.543. The molecule has 1 N–H and O–H groups in total. The standard InChI is InChI=1S/C42H28N4O2/c1-2-6-27(7-3-1)28-10-12-29(13-11-28)30-14-15-35-36(24-30)40(38-26-32(17-19-44-38)42-46-21-23-48-42)34-9-5-4-8-33(34)39(35)37-25-31(16-18-43-37)41-45-20-22-47-41/h1-18,20-26,44H,19H2. The van der Waals surface area contributed by atoms with Crippen LogP contribution in [0.4, 0.5) is 0 Å². The van der Waals surface area contributed by atoms with Crippen molar-refractivity contribution in [2.75, 3.05) is 6.54 Å². The van der Waals surface area contributed by atoms with Crippen LogP contribution in [0.5, 0.6) is 0 Å². The summed E-state index contributed by atoms with van der Waals surface area (Å²) in [4.78, 5) is 13.7. The third kappa shape index (κ3) is 4.87. The lowest BCUT2D eigenvalue weighted by atomic mass is 9.86. The van der Waals surface area contributed by atoms with Crippen LogP contribution in [0.1, 0.15) is 11.5 Å². The van der Waals surface area contributed by atoms with Gasteiger partial charge >= 0.3 is 0 Å². The van der Waals surface area contributed by atoms with Crippen LogP contribution in [0.15, 0.2) is 161 Å². The van der Waals surface area contributed by atoms with Gasteiger partial charge in [0.25, 0.3) is 0 Å². The van der Waals surface area contributed by atoms with Crippen LogP contribution in [0, 0.1) is 0 Å². The van der Waals surface area contributed by atoms with Gasteiger partial charge in [0.2, 0.25) is 11.8 Å². The second kappa shape index (κ2) is 11.7. The highest BCUT2D eigenvalue weighted by molar-refractivity contribution is 6.19. The first-order valence-corrected chi connectivity index (χ1v) is 15.9. The summed E-state index contributed by atoms with van der Waals surface area (Å²) in [6.07, 6.45) is 12.6. The average Bonchev–Trinajstić information content (AvgIpc) is 3.90. The van der Waals surface area contributed by atoms with Gasteiger partial charge < -0.3 is 14.2 Å². The van der Waals surface area contributed by atoms with Gasteiger partial charge in [-0.1, -0.05) is 97.1 Å². The minimum atomic E-state index is 0.563. The Labute approximate surface area is 276 Å². The number of benzene rings is 5. The van der Waals surface area contributed by atoms with Crippen LogP contribution >= 0.6 is 0 Å². The summed E-state index contributed by atoms with van der Waals surface area (Å²) < 4.78 is 11.3. The van der Waals surface area contributed by atoms with E-state index in [0.717, 1.165) is 66.3 Å². The zero-order valence-electron chi connectivity index (χ0n) is 25.8. The third-order valence-corrected chi connectivity index (χ3v) is 8.91. The molecule has 6 heteroatoms. The summed E-state index contributed by atoms with van der Waals surface area (Å²) in [5.74, 6) is 1.17. The lowest BCUT2D eigenvalue weighted by Crippen LogP contribution is -2.17. The molecule has 0 amide bonds. The van der Waals surface area contributed by atoms with Crippen molar-refractivity contribution in [1.29, 1.82) is 0 Å². The monoisotopic (exact) mass is 620 g/mol. The fraction of sp³-hybridized carbons (Fsp3) is 0.0238. The van der Waals surface area contributed by atoms with Gasteiger partial charge in [0, 0.05) is 40.7 Å². The van der Waals surface area contributed by atoms with E-state index in [1.807, 2.05) is 18.3 Å². The molecule has 9 rings (SSSR count). The molecule has 1 aliphatic rings. The SMILES string of the molecule is C1=C(c2ncco2)C=C(c2c3ccccc3c(-c3cc(-c4ncco4)ccn3)c3ccc(-c4ccc(-c5ccccc5)cc4)cc23)NC1. The van der Waals surface area contributed by atoms with Gasteiger partial charge in [0.1, 0.15) is 12.5 Å². The zero-order valence-corrected chi connectivity index (χ0v) is 25.8. The fourth-order valence-corrected chi connectivity index (χ4v) is 6.69. The van der Waals surface area contributed by atoms with Crippen molar-refractivity contribution < 1.29 is 8.83 Å². The van der Waals surface area contributed by atoms with E-state index in [1.54, 1.807) is 24.9 Å². The molecule has 5 aromatic carbocycles. The van der Waals surface area contributed by atoms with Crippen LogP contribution in [-0.4, -0.2) is 21.5 Å². The van der Waals surface area contributed by atoms with Crippen molar-refractivity contribution in [2.45, 2.75) is 0 Å². The van der Waals surface area contributed by atoms with Gasteiger partial charge in [0.15, 0.2) is 0 Å². The molecule has 4 heterocycles. The molecule has 0 bridgehead atoms. The number of allylic oxidation sites excluding steroid dienone is 2. The van der Waals surface area contributed by atoms with Crippen LogP contribution in [-0.2, 0) is 0 Å². The Morgan fingerprint density at radius 3 is 1.90 bits per heavy atom. The second-order valence-electron chi connectivity index (χ2n) is 11.7. The minimum Gasteiger partial charge on any atom is -0.445 e. The number of hydrogen-bond donors (Lipinski definition) is 1. The maximum atomic E-state index is 5.70. The number of nitrogens with one attached hydrogen (secondary N) is 1. The predicted molar refractivity (Wildman–Crippen MR) is 192 cm³/mol. The van der Waals surface area contributed by atoms with E-state index in [2.05, 4.69) is 124 Å². The van der Waals surface area contributed by atoms with E-state index < -0.39 is 0 Å². The van der Waals surface area contributed by atoms with Gasteiger partial charge in [-0.2, -0.15) is 0 Å². The van der Waals surface area contributed by atoms with Crippen molar-refractivity contribution in [1.82, 2.24) is 20.3 Å². The Morgan fingerprint density at radius 1 is 0.500 bits per heavy atom. The molecule has 3 aromatic heterocycles. The first kappa shape index (κ1) is 27.8. The zero-order chi connectivity index (χ0) is 31.9. The minimum absolute atomic E-state index is 0.563. The second-order valence-corrected chi connectivity index (χ2v) is 11.7. The predicted octanol–water partition coefficient (Wildman–Crippen LogP) is 10.1. The van der Waals surface area contributed by atoms with Crippen molar-refractivity contribution in [3.8, 4) is 45.0 Å². The molecule has 0 aliphatic carbocycles. The molecular weight excluding hydrogens is 592 g/mol. The van der Waals surface area contributed by atoms with E-state index in [1.165, 1.54) is 11.1 Å². The summed E-state index contributed by atoms with van der Waals surface area (Å²) in [6.45, 7) is 0.654. The highest BCUT2D eigenvalue weighted by Gasteiger charge is 2.22. The molecule has 0 saturated carbocycles. The Balaban J connectivity index is 1.29. The average molecular weight is 621 g/mol. The molecular formula is C42H28N4O2. The molecule has 0 spiro atoms. The van der Waals surface area contributed by atoms with Crippen LogP contribution in [0.3, 0.4) is 0 Å². The van der Waals surface area contributed by atoms with Crippen LogP contribution < -0.4 is 5.32 Å². The number of nitrogens with zero attached hydrogens (tertiary/aromatic N) is 3. The summed E-state index contributed by atoms with van der Waals surface area (Å²) in [6, 6.07) is 38.5. The van der Waals surface area contributed by atoms with Crippen molar-refractivity contribution in [3.63, 3.8) is 0 Å². The van der Waals surface area contributed by atoms with Gasteiger partial charge in [-0.3, -0.25) is 4.98 Å². The van der Waals surface area contributed by atoms with Crippen molar-refractivity contribution in [2.24, 2.45) is 0 Å². The van der Waals surface area contributed by atoms with E-state index in [-0.39, 0.29) is 0 Å². The third-order valence-electron chi connectivity index (χ3n) is 8.91. The largest absolute Gasteiger partial charge is 0.445 e. The Bertz CT molecular complexity index is 2480. The molecule has 0 atom stereocenters. The van der Waals surface area contributed by atoms with E-state index >= 15 is 0 Å². The number of pyridine rings is 1. The van der Waals surface area contributed by atoms with Gasteiger partial charge in [-0.25, -0.2) is 9.97 Å². The summed E-state index contributed by atoms with van der Waals surface area (Å²) in [5.41, 5.74) is 10.5. The van der Waals surface area contributed by atoms with Gasteiger partial charge in [0.05, 0.1) is 18.1 Å². The maximum absolute atomic E-state index is 5.70. The Kier molecular flexibility index (Phi) is 6.75. The molecule has 0 fully saturated rings. The first-order chi connectivity index (χ1) is 23.8. The van der Waals surface area contributed by atoms with E-state index in [4.69, 9.17) is 13.8 Å². The Hall–Kier alpha value is -6.53. The molecule has 8 aromatic rings. The normalized spacial score (nSPS) is 12.9. The number of oxazole rings is 2. The van der Waals surface area contributed by atoms with E-state index in [0.29, 0.717) is 18.3 Å². The topological polar surface area (TPSA) is 77.0 Å². The molecule has 6 nitrogen and oxygen atoms in total. The molecule has 0 radical (unpaired) electrons. The van der Waals surface area contributed by atoms with Crippen LogP contribution in [0.25, 0.3) is 77.8 Å². The summed E-state index contributed by atoms with van der Waals surface area (Å²) in [7, 11) is 0. The number of hydrogen-bond acceptors (Lipinski definition) is 6. The molecule has 228 valence electrons. The molecule has 48 heavy (non-hydrogen) atoms. The number of aromatic nitrogens is 3. The lowest BCUT2D eigenvalue weighted by Gasteiger charge is -2.22. The van der Waals surface area contributed by atoms with Crippen molar-refractivity contribution >= 4 is 32.8 Å². The van der Waals surface area contributed by atoms with Crippen LogP contribution in [0.2, 0.25) is 0 Å². The fourth-order valence-electron chi connectivity index (χ4n) is 6.69. The van der Waals surface area contributed by atoms with Crippen molar-refractivity contribution in [3.05, 3.63) is 164 Å². The molecule has 1 aliphatic heterocycles. The molecule has 0 saturated heterocycles. The Morgan fingerprint density at radius 2 is 1.15 bits per heavy atom. The number of fused-ring (bicyclic) bond motifs is 2.